The van der Waals surface area contributed by atoms with Crippen molar-refractivity contribution in [3.05, 3.63) is 22.7 Å². The summed E-state index contributed by atoms with van der Waals surface area (Å²) in [5, 5.41) is 0.516. The SMILES string of the molecule is CN1C(=O)Cc2cc(Cl)c(N)cc21. The Kier molecular flexibility index (Phi) is 1.70. The van der Waals surface area contributed by atoms with Crippen LogP contribution in [0.4, 0.5) is 11.4 Å². The van der Waals surface area contributed by atoms with E-state index in [-0.39, 0.29) is 5.91 Å². The molecule has 3 nitrogen and oxygen atoms in total. The highest BCUT2D eigenvalue weighted by Gasteiger charge is 2.24. The van der Waals surface area contributed by atoms with Gasteiger partial charge in [0, 0.05) is 12.7 Å². The monoisotopic (exact) mass is 196 g/mol. The molecule has 13 heavy (non-hydrogen) atoms. The first kappa shape index (κ1) is 8.38. The predicted octanol–water partition coefficient (Wildman–Crippen LogP) is 1.44. The fourth-order valence-corrected chi connectivity index (χ4v) is 1.68. The molecule has 1 heterocycles. The maximum atomic E-state index is 11.3. The average Bonchev–Trinajstić information content (AvgIpc) is 2.32. The van der Waals surface area contributed by atoms with Crippen molar-refractivity contribution >= 4 is 28.9 Å². The first-order valence-electron chi connectivity index (χ1n) is 3.94. The lowest BCUT2D eigenvalue weighted by molar-refractivity contribution is -0.117. The van der Waals surface area contributed by atoms with Crippen LogP contribution >= 0.6 is 11.6 Å². The first-order valence-corrected chi connectivity index (χ1v) is 4.32. The van der Waals surface area contributed by atoms with Crippen molar-refractivity contribution in [1.82, 2.24) is 0 Å². The summed E-state index contributed by atoms with van der Waals surface area (Å²) in [6, 6.07) is 3.50. The van der Waals surface area contributed by atoms with Gasteiger partial charge >= 0.3 is 0 Å². The maximum Gasteiger partial charge on any atom is 0.231 e. The number of anilines is 2. The van der Waals surface area contributed by atoms with Gasteiger partial charge in [0.25, 0.3) is 0 Å². The largest absolute Gasteiger partial charge is 0.397 e. The highest BCUT2D eigenvalue weighted by atomic mass is 35.5. The van der Waals surface area contributed by atoms with Crippen LogP contribution in [0.25, 0.3) is 0 Å². The van der Waals surface area contributed by atoms with Crippen LogP contribution in [0.1, 0.15) is 5.56 Å². The molecule has 0 aromatic heterocycles. The molecule has 0 saturated heterocycles. The molecule has 68 valence electrons. The van der Waals surface area contributed by atoms with Crippen LogP contribution in [-0.2, 0) is 11.2 Å². The second kappa shape index (κ2) is 2.64. The number of rotatable bonds is 0. The predicted molar refractivity (Wildman–Crippen MR) is 53.0 cm³/mol. The number of nitrogens with two attached hydrogens (primary N) is 1. The number of carbonyl (C=O) groups excluding carboxylic acids is 1. The topological polar surface area (TPSA) is 46.3 Å². The molecule has 1 aromatic carbocycles. The third-order valence-corrected chi connectivity index (χ3v) is 2.60. The zero-order valence-corrected chi connectivity index (χ0v) is 7.93. The molecule has 0 bridgehead atoms. The smallest absolute Gasteiger partial charge is 0.231 e. The molecule has 0 unspecified atom stereocenters. The van der Waals surface area contributed by atoms with E-state index in [2.05, 4.69) is 0 Å². The summed E-state index contributed by atoms with van der Waals surface area (Å²) >= 11 is 5.83. The van der Waals surface area contributed by atoms with Gasteiger partial charge in [-0.15, -0.1) is 0 Å². The molecular formula is C9H9ClN2O. The molecule has 1 aliphatic heterocycles. The van der Waals surface area contributed by atoms with Crippen molar-refractivity contribution in [3.63, 3.8) is 0 Å². The van der Waals surface area contributed by atoms with E-state index in [4.69, 9.17) is 17.3 Å². The van der Waals surface area contributed by atoms with Gasteiger partial charge < -0.3 is 10.6 Å². The standard InChI is InChI=1S/C9H9ClN2O/c1-12-8-4-7(11)6(10)2-5(8)3-9(12)13/h2,4H,3,11H2,1H3. The minimum absolute atomic E-state index is 0.0802. The number of amides is 1. The van der Waals surface area contributed by atoms with Crippen molar-refractivity contribution in [2.75, 3.05) is 17.7 Å². The lowest BCUT2D eigenvalue weighted by atomic mass is 10.1. The second-order valence-electron chi connectivity index (χ2n) is 3.13. The van der Waals surface area contributed by atoms with Crippen LogP contribution in [-0.4, -0.2) is 13.0 Å². The number of hydrogen-bond acceptors (Lipinski definition) is 2. The molecule has 1 aromatic rings. The minimum atomic E-state index is 0.0802. The third kappa shape index (κ3) is 1.16. The summed E-state index contributed by atoms with van der Waals surface area (Å²) in [5.74, 6) is 0.0802. The summed E-state index contributed by atoms with van der Waals surface area (Å²) in [6.45, 7) is 0. The van der Waals surface area contributed by atoms with Crippen molar-refractivity contribution in [3.8, 4) is 0 Å². The number of hydrogen-bond donors (Lipinski definition) is 1. The van der Waals surface area contributed by atoms with Crippen LogP contribution in [0, 0.1) is 0 Å². The Hall–Kier alpha value is -1.22. The van der Waals surface area contributed by atoms with Crippen LogP contribution in [0.3, 0.4) is 0 Å². The van der Waals surface area contributed by atoms with E-state index in [9.17, 15) is 4.79 Å². The average molecular weight is 197 g/mol. The summed E-state index contributed by atoms with van der Waals surface area (Å²) in [7, 11) is 1.74. The summed E-state index contributed by atoms with van der Waals surface area (Å²) in [5.41, 5.74) is 7.96. The molecule has 0 spiro atoms. The number of fused-ring (bicyclic) bond motifs is 1. The van der Waals surface area contributed by atoms with Crippen molar-refractivity contribution in [2.24, 2.45) is 0 Å². The van der Waals surface area contributed by atoms with Gasteiger partial charge in [0.05, 0.1) is 17.1 Å². The Morgan fingerprint density at radius 1 is 1.54 bits per heavy atom. The molecule has 4 heteroatoms. The number of halogens is 1. The molecule has 0 radical (unpaired) electrons. The van der Waals surface area contributed by atoms with E-state index < -0.39 is 0 Å². The van der Waals surface area contributed by atoms with E-state index in [1.807, 2.05) is 0 Å². The third-order valence-electron chi connectivity index (χ3n) is 2.28. The Balaban J connectivity index is 2.59. The minimum Gasteiger partial charge on any atom is -0.397 e. The lowest BCUT2D eigenvalue weighted by Crippen LogP contribution is -2.20. The summed E-state index contributed by atoms with van der Waals surface area (Å²) in [4.78, 5) is 12.9. The van der Waals surface area contributed by atoms with Crippen LogP contribution in [0.15, 0.2) is 12.1 Å². The molecule has 0 atom stereocenters. The summed E-state index contributed by atoms with van der Waals surface area (Å²) in [6.07, 6.45) is 0.422. The van der Waals surface area contributed by atoms with Crippen LogP contribution in [0.5, 0.6) is 0 Å². The van der Waals surface area contributed by atoms with Crippen LogP contribution in [0.2, 0.25) is 5.02 Å². The van der Waals surface area contributed by atoms with Crippen molar-refractivity contribution in [2.45, 2.75) is 6.42 Å². The van der Waals surface area contributed by atoms with E-state index in [1.165, 1.54) is 0 Å². The maximum absolute atomic E-state index is 11.3. The zero-order chi connectivity index (χ0) is 9.59. The Labute approximate surface area is 81.1 Å². The fourth-order valence-electron chi connectivity index (χ4n) is 1.49. The highest BCUT2D eigenvalue weighted by molar-refractivity contribution is 6.33. The van der Waals surface area contributed by atoms with Crippen molar-refractivity contribution < 1.29 is 4.79 Å². The number of likely N-dealkylation sites (N-methyl/N-ethyl adjacent to an activating group) is 1. The van der Waals surface area contributed by atoms with Gasteiger partial charge in [-0.2, -0.15) is 0 Å². The van der Waals surface area contributed by atoms with E-state index in [0.29, 0.717) is 17.1 Å². The first-order chi connectivity index (χ1) is 6.09. The van der Waals surface area contributed by atoms with E-state index in [0.717, 1.165) is 11.3 Å². The summed E-state index contributed by atoms with van der Waals surface area (Å²) < 4.78 is 0. The zero-order valence-electron chi connectivity index (χ0n) is 7.17. The Morgan fingerprint density at radius 3 is 2.92 bits per heavy atom. The van der Waals surface area contributed by atoms with E-state index in [1.54, 1.807) is 24.1 Å². The quantitative estimate of drug-likeness (QED) is 0.639. The lowest BCUT2D eigenvalue weighted by Gasteiger charge is -2.10. The van der Waals surface area contributed by atoms with Gasteiger partial charge in [-0.3, -0.25) is 4.79 Å². The molecule has 0 aliphatic carbocycles. The second-order valence-corrected chi connectivity index (χ2v) is 3.54. The molecule has 1 amide bonds. The molecular weight excluding hydrogens is 188 g/mol. The molecule has 1 aliphatic rings. The molecule has 2 rings (SSSR count). The van der Waals surface area contributed by atoms with Crippen molar-refractivity contribution in [1.29, 1.82) is 0 Å². The number of carbonyl (C=O) groups is 1. The number of benzene rings is 1. The fraction of sp³-hybridized carbons (Fsp3) is 0.222. The van der Waals surface area contributed by atoms with Gasteiger partial charge in [0.1, 0.15) is 0 Å². The molecule has 0 saturated carbocycles. The Bertz CT molecular complexity index is 389. The molecule has 0 fully saturated rings. The van der Waals surface area contributed by atoms with Gasteiger partial charge in [0.2, 0.25) is 5.91 Å². The highest BCUT2D eigenvalue weighted by Crippen LogP contribution is 2.33. The van der Waals surface area contributed by atoms with E-state index >= 15 is 0 Å². The van der Waals surface area contributed by atoms with Crippen LogP contribution < -0.4 is 10.6 Å². The number of nitrogen functional groups attached to an aromatic ring is 1. The van der Waals surface area contributed by atoms with Gasteiger partial charge in [0.15, 0.2) is 0 Å². The number of nitrogens with zero attached hydrogens (tertiary/aromatic N) is 1. The molecule has 2 N–H and O–H groups in total. The normalized spacial score (nSPS) is 14.9. The van der Waals surface area contributed by atoms with Gasteiger partial charge in [-0.05, 0) is 17.7 Å². The Morgan fingerprint density at radius 2 is 2.23 bits per heavy atom. The van der Waals surface area contributed by atoms with Gasteiger partial charge in [-0.1, -0.05) is 11.6 Å². The van der Waals surface area contributed by atoms with Gasteiger partial charge in [-0.25, -0.2) is 0 Å².